The second-order valence-corrected chi connectivity index (χ2v) is 11.7. The average Bonchev–Trinajstić information content (AvgIpc) is 3.29. The maximum Gasteiger partial charge on any atom is 0.243 e. The summed E-state index contributed by atoms with van der Waals surface area (Å²) in [5.41, 5.74) is 2.00. The molecule has 176 valence electrons. The first-order chi connectivity index (χ1) is 15.7. The summed E-state index contributed by atoms with van der Waals surface area (Å²) in [5.74, 6) is 0. The Kier molecular flexibility index (Phi) is 6.91. The number of β-amino-alcohol motifs (C(OH)–C–C–N with tert-alkyl or cyclic N) is 1. The summed E-state index contributed by atoms with van der Waals surface area (Å²) < 4.78 is 27.9. The highest BCUT2D eigenvalue weighted by atomic mass is 32.2. The Labute approximate surface area is 197 Å². The SMILES string of the molecule is Cc1ccc(S(=O)(=O)N2CCC[C@@H]2[C@H](O)CNC(C)(C)Cc2ccc3ccccc3c2)cc1. The number of nitrogens with zero attached hydrogens (tertiary/aromatic N) is 1. The first-order valence-electron chi connectivity index (χ1n) is 11.6. The lowest BCUT2D eigenvalue weighted by Crippen LogP contribution is -2.51. The van der Waals surface area contributed by atoms with E-state index in [0.29, 0.717) is 19.5 Å². The minimum absolute atomic E-state index is 0.247. The van der Waals surface area contributed by atoms with Crippen molar-refractivity contribution in [1.82, 2.24) is 9.62 Å². The van der Waals surface area contributed by atoms with Gasteiger partial charge in [0.15, 0.2) is 0 Å². The summed E-state index contributed by atoms with van der Waals surface area (Å²) in [6.45, 7) is 6.95. The van der Waals surface area contributed by atoms with Crippen molar-refractivity contribution in [2.45, 2.75) is 62.6 Å². The van der Waals surface area contributed by atoms with Crippen LogP contribution >= 0.6 is 0 Å². The van der Waals surface area contributed by atoms with Gasteiger partial charge in [-0.05, 0) is 68.5 Å². The fraction of sp³-hybridized carbons (Fsp3) is 0.407. The molecule has 0 bridgehead atoms. The van der Waals surface area contributed by atoms with Crippen molar-refractivity contribution in [2.24, 2.45) is 0 Å². The smallest absolute Gasteiger partial charge is 0.243 e. The molecule has 1 heterocycles. The number of benzene rings is 3. The van der Waals surface area contributed by atoms with E-state index in [1.165, 1.54) is 20.6 Å². The second-order valence-electron chi connectivity index (χ2n) is 9.83. The van der Waals surface area contributed by atoms with Gasteiger partial charge >= 0.3 is 0 Å². The molecular weight excluding hydrogens is 432 g/mol. The van der Waals surface area contributed by atoms with Gasteiger partial charge in [-0.2, -0.15) is 4.31 Å². The van der Waals surface area contributed by atoms with E-state index in [9.17, 15) is 13.5 Å². The topological polar surface area (TPSA) is 69.6 Å². The predicted molar refractivity (Wildman–Crippen MR) is 134 cm³/mol. The lowest BCUT2D eigenvalue weighted by Gasteiger charge is -2.32. The lowest BCUT2D eigenvalue weighted by molar-refractivity contribution is 0.0972. The number of hydrogen-bond donors (Lipinski definition) is 2. The minimum atomic E-state index is -3.63. The standard InChI is InChI=1S/C27H34N2O3S/c1-20-10-14-24(15-11-20)33(31,32)29-16-6-9-25(29)26(30)19-28-27(2,3)18-21-12-13-22-7-4-5-8-23(22)17-21/h4-5,7-8,10-15,17,25-26,28,30H,6,9,16,18-19H2,1-3H3/t25-,26-/m1/s1. The summed E-state index contributed by atoms with van der Waals surface area (Å²) in [7, 11) is -3.63. The summed E-state index contributed by atoms with van der Waals surface area (Å²) in [6.07, 6.45) is 1.45. The van der Waals surface area contributed by atoms with Crippen LogP contribution in [0.3, 0.4) is 0 Å². The minimum Gasteiger partial charge on any atom is -0.390 e. The molecule has 6 heteroatoms. The maximum absolute atomic E-state index is 13.2. The number of sulfonamides is 1. The fourth-order valence-corrected chi connectivity index (χ4v) is 6.46. The molecule has 3 aromatic rings. The van der Waals surface area contributed by atoms with E-state index in [4.69, 9.17) is 0 Å². The van der Waals surface area contributed by atoms with Crippen molar-refractivity contribution < 1.29 is 13.5 Å². The summed E-state index contributed by atoms with van der Waals surface area (Å²) >= 11 is 0. The van der Waals surface area contributed by atoms with E-state index in [-0.39, 0.29) is 10.4 Å². The van der Waals surface area contributed by atoms with Crippen molar-refractivity contribution in [1.29, 1.82) is 0 Å². The number of hydrogen-bond acceptors (Lipinski definition) is 4. The Morgan fingerprint density at radius 3 is 2.48 bits per heavy atom. The van der Waals surface area contributed by atoms with Gasteiger partial charge in [-0.25, -0.2) is 8.42 Å². The third kappa shape index (κ3) is 5.46. The quantitative estimate of drug-likeness (QED) is 0.520. The molecule has 2 atom stereocenters. The zero-order valence-corrected chi connectivity index (χ0v) is 20.5. The molecule has 1 saturated heterocycles. The van der Waals surface area contributed by atoms with Crippen LogP contribution in [0.4, 0.5) is 0 Å². The van der Waals surface area contributed by atoms with Crippen LogP contribution in [0, 0.1) is 6.92 Å². The molecule has 0 aromatic heterocycles. The van der Waals surface area contributed by atoms with Crippen molar-refractivity contribution in [3.8, 4) is 0 Å². The molecule has 5 nitrogen and oxygen atoms in total. The molecule has 0 spiro atoms. The van der Waals surface area contributed by atoms with Gasteiger partial charge in [0.05, 0.1) is 17.0 Å². The van der Waals surface area contributed by atoms with E-state index >= 15 is 0 Å². The van der Waals surface area contributed by atoms with Crippen molar-refractivity contribution >= 4 is 20.8 Å². The molecular formula is C27H34N2O3S. The van der Waals surface area contributed by atoms with Gasteiger partial charge in [-0.3, -0.25) is 0 Å². The van der Waals surface area contributed by atoms with Gasteiger partial charge in [-0.15, -0.1) is 0 Å². The summed E-state index contributed by atoms with van der Waals surface area (Å²) in [5, 5.41) is 16.9. The molecule has 33 heavy (non-hydrogen) atoms. The van der Waals surface area contributed by atoms with E-state index in [2.05, 4.69) is 49.5 Å². The number of aliphatic hydroxyl groups is 1. The van der Waals surface area contributed by atoms with Gasteiger partial charge in [0.1, 0.15) is 0 Å². The third-order valence-corrected chi connectivity index (χ3v) is 8.51. The highest BCUT2D eigenvalue weighted by Crippen LogP contribution is 2.28. The van der Waals surface area contributed by atoms with Gasteiger partial charge in [0.2, 0.25) is 10.0 Å². The molecule has 3 aromatic carbocycles. The number of aliphatic hydroxyl groups excluding tert-OH is 1. The van der Waals surface area contributed by atoms with Crippen molar-refractivity contribution in [2.75, 3.05) is 13.1 Å². The number of nitrogens with one attached hydrogen (secondary N) is 1. The van der Waals surface area contributed by atoms with E-state index in [1.807, 2.05) is 31.2 Å². The first kappa shape index (κ1) is 23.9. The zero-order chi connectivity index (χ0) is 23.6. The van der Waals surface area contributed by atoms with Crippen molar-refractivity contribution in [3.63, 3.8) is 0 Å². The fourth-order valence-electron chi connectivity index (χ4n) is 4.73. The molecule has 0 aliphatic carbocycles. The monoisotopic (exact) mass is 466 g/mol. The van der Waals surface area contributed by atoms with Crippen LogP contribution in [-0.4, -0.2) is 48.6 Å². The summed E-state index contributed by atoms with van der Waals surface area (Å²) in [4.78, 5) is 0.289. The molecule has 1 aliphatic rings. The number of aryl methyl sites for hydroxylation is 1. The van der Waals surface area contributed by atoms with Crippen LogP contribution in [-0.2, 0) is 16.4 Å². The van der Waals surface area contributed by atoms with Crippen LogP contribution in [0.25, 0.3) is 10.8 Å². The van der Waals surface area contributed by atoms with Crippen LogP contribution in [0.15, 0.2) is 71.6 Å². The molecule has 0 saturated carbocycles. The molecule has 0 amide bonds. The van der Waals surface area contributed by atoms with Gasteiger partial charge in [-0.1, -0.05) is 60.2 Å². The second kappa shape index (κ2) is 9.55. The first-order valence-corrected chi connectivity index (χ1v) is 13.1. The Bertz CT molecular complexity index is 1210. The Hall–Kier alpha value is -2.25. The van der Waals surface area contributed by atoms with Crippen molar-refractivity contribution in [3.05, 3.63) is 77.9 Å². The number of fused-ring (bicyclic) bond motifs is 1. The Morgan fingerprint density at radius 1 is 1.06 bits per heavy atom. The van der Waals surface area contributed by atoms with E-state index in [1.54, 1.807) is 12.1 Å². The summed E-state index contributed by atoms with van der Waals surface area (Å²) in [6, 6.07) is 21.3. The molecule has 0 radical (unpaired) electrons. The Balaban J connectivity index is 1.41. The van der Waals surface area contributed by atoms with Gasteiger partial charge in [0, 0.05) is 18.6 Å². The molecule has 0 unspecified atom stereocenters. The van der Waals surface area contributed by atoms with Crippen LogP contribution in [0.1, 0.15) is 37.8 Å². The van der Waals surface area contributed by atoms with Crippen LogP contribution < -0.4 is 5.32 Å². The van der Waals surface area contributed by atoms with Crippen LogP contribution in [0.5, 0.6) is 0 Å². The molecule has 1 aliphatic heterocycles. The molecule has 2 N–H and O–H groups in total. The largest absolute Gasteiger partial charge is 0.390 e. The predicted octanol–water partition coefficient (Wildman–Crippen LogP) is 4.27. The van der Waals surface area contributed by atoms with E-state index < -0.39 is 22.2 Å². The van der Waals surface area contributed by atoms with E-state index in [0.717, 1.165) is 18.4 Å². The average molecular weight is 467 g/mol. The Morgan fingerprint density at radius 2 is 1.76 bits per heavy atom. The third-order valence-electron chi connectivity index (χ3n) is 6.57. The highest BCUT2D eigenvalue weighted by molar-refractivity contribution is 7.89. The van der Waals surface area contributed by atoms with Gasteiger partial charge < -0.3 is 10.4 Å². The normalized spacial score (nSPS) is 18.6. The number of rotatable bonds is 8. The zero-order valence-electron chi connectivity index (χ0n) is 19.7. The highest BCUT2D eigenvalue weighted by Gasteiger charge is 2.39. The molecule has 1 fully saturated rings. The lowest BCUT2D eigenvalue weighted by atomic mass is 9.93. The maximum atomic E-state index is 13.2. The van der Waals surface area contributed by atoms with Gasteiger partial charge in [0.25, 0.3) is 0 Å². The van der Waals surface area contributed by atoms with Crippen LogP contribution in [0.2, 0.25) is 0 Å². The molecule has 4 rings (SSSR count).